The minimum atomic E-state index is 0.965. The van der Waals surface area contributed by atoms with Gasteiger partial charge in [-0.15, -0.1) is 22.7 Å². The van der Waals surface area contributed by atoms with E-state index in [0.717, 1.165) is 31.5 Å². The second kappa shape index (κ2) is 6.69. The second-order valence-corrected chi connectivity index (χ2v) is 9.09. The Morgan fingerprint density at radius 3 is 2.93 bits per heavy atom. The lowest BCUT2D eigenvalue weighted by molar-refractivity contribution is 0.602. The molecule has 5 aromatic heterocycles. The van der Waals surface area contributed by atoms with Crippen LogP contribution in [0.1, 0.15) is 29.6 Å². The van der Waals surface area contributed by atoms with Crippen LogP contribution >= 0.6 is 22.7 Å². The smallest absolute Gasteiger partial charge is 0.107 e. The van der Waals surface area contributed by atoms with Gasteiger partial charge in [0.05, 0.1) is 16.7 Å². The van der Waals surface area contributed by atoms with E-state index in [-0.39, 0.29) is 0 Å². The van der Waals surface area contributed by atoms with Crippen LogP contribution in [-0.2, 0) is 19.4 Å². The minimum absolute atomic E-state index is 0.965. The van der Waals surface area contributed by atoms with Crippen LogP contribution in [0, 0.1) is 6.92 Å². The largest absolute Gasteiger partial charge is 0.350 e. The first-order valence-corrected chi connectivity index (χ1v) is 11.1. The Morgan fingerprint density at radius 1 is 1.15 bits per heavy atom. The van der Waals surface area contributed by atoms with Gasteiger partial charge in [0.25, 0.3) is 0 Å². The van der Waals surface area contributed by atoms with Crippen molar-refractivity contribution in [2.45, 2.75) is 39.7 Å². The minimum Gasteiger partial charge on any atom is -0.350 e. The van der Waals surface area contributed by atoms with E-state index in [1.807, 2.05) is 22.2 Å². The average Bonchev–Trinajstić information content (AvgIpc) is 3.39. The van der Waals surface area contributed by atoms with Gasteiger partial charge in [0.1, 0.15) is 4.83 Å². The molecule has 0 bridgehead atoms. The van der Waals surface area contributed by atoms with Gasteiger partial charge in [-0.3, -0.25) is 4.68 Å². The fourth-order valence-electron chi connectivity index (χ4n) is 3.74. The average molecular weight is 395 g/mol. The Bertz CT molecular complexity index is 1190. The maximum Gasteiger partial charge on any atom is 0.107 e. The summed E-state index contributed by atoms with van der Waals surface area (Å²) in [7, 11) is 0. The standard InChI is InChI=1S/C21H22N4S2/c1-3-7-24-13-18(12-22-24)25-14(2)9-16-11-19(27-21(16)25)5-4-17-10-15-6-8-26-20(15)23-17/h6,8-13,23H,3-5,7H2,1-2H3. The monoisotopic (exact) mass is 394 g/mol. The van der Waals surface area contributed by atoms with E-state index in [2.05, 4.69) is 64.3 Å². The Kier molecular flexibility index (Phi) is 4.17. The molecule has 27 heavy (non-hydrogen) atoms. The van der Waals surface area contributed by atoms with E-state index in [1.54, 1.807) is 11.3 Å². The fourth-order valence-corrected chi connectivity index (χ4v) is 5.75. The Labute approximate surface area is 166 Å². The molecule has 0 atom stereocenters. The third-order valence-electron chi connectivity index (χ3n) is 4.98. The van der Waals surface area contributed by atoms with Gasteiger partial charge in [-0.05, 0) is 55.8 Å². The second-order valence-electron chi connectivity index (χ2n) is 7.06. The lowest BCUT2D eigenvalue weighted by atomic mass is 10.2. The number of fused-ring (bicyclic) bond motifs is 2. The molecule has 0 unspecified atom stereocenters. The van der Waals surface area contributed by atoms with Crippen molar-refractivity contribution >= 4 is 43.1 Å². The van der Waals surface area contributed by atoms with Gasteiger partial charge < -0.3 is 9.55 Å². The summed E-state index contributed by atoms with van der Waals surface area (Å²) < 4.78 is 4.37. The number of H-pyrrole nitrogens is 1. The highest BCUT2D eigenvalue weighted by Gasteiger charge is 2.13. The summed E-state index contributed by atoms with van der Waals surface area (Å²) in [5.41, 5.74) is 3.76. The molecule has 1 N–H and O–H groups in total. The van der Waals surface area contributed by atoms with Gasteiger partial charge in [-0.25, -0.2) is 0 Å². The van der Waals surface area contributed by atoms with E-state index in [4.69, 9.17) is 0 Å². The first-order chi connectivity index (χ1) is 13.2. The summed E-state index contributed by atoms with van der Waals surface area (Å²) in [6.45, 7) is 5.32. The van der Waals surface area contributed by atoms with E-state index in [1.165, 1.54) is 36.7 Å². The summed E-state index contributed by atoms with van der Waals surface area (Å²) in [6, 6.07) is 9.11. The van der Waals surface area contributed by atoms with Crippen LogP contribution in [0.15, 0.2) is 42.0 Å². The van der Waals surface area contributed by atoms with Crippen molar-refractivity contribution in [3.05, 3.63) is 58.3 Å². The maximum atomic E-state index is 4.51. The van der Waals surface area contributed by atoms with Gasteiger partial charge in [-0.2, -0.15) is 5.10 Å². The van der Waals surface area contributed by atoms with Crippen molar-refractivity contribution in [3.63, 3.8) is 0 Å². The Hall–Kier alpha value is -2.31. The predicted octanol–water partition coefficient (Wildman–Crippen LogP) is 5.93. The molecular weight excluding hydrogens is 372 g/mol. The van der Waals surface area contributed by atoms with Crippen LogP contribution in [-0.4, -0.2) is 19.3 Å². The van der Waals surface area contributed by atoms with Crippen molar-refractivity contribution in [2.24, 2.45) is 0 Å². The van der Waals surface area contributed by atoms with Crippen LogP contribution in [0.3, 0.4) is 0 Å². The summed E-state index contributed by atoms with van der Waals surface area (Å²) in [5.74, 6) is 0. The summed E-state index contributed by atoms with van der Waals surface area (Å²) in [4.78, 5) is 7.59. The lowest BCUT2D eigenvalue weighted by Gasteiger charge is -2.03. The number of hydrogen-bond acceptors (Lipinski definition) is 3. The number of aromatic nitrogens is 4. The van der Waals surface area contributed by atoms with Crippen molar-refractivity contribution in [2.75, 3.05) is 0 Å². The molecule has 0 aromatic carbocycles. The van der Waals surface area contributed by atoms with Crippen molar-refractivity contribution in [1.82, 2.24) is 19.3 Å². The number of nitrogens with zero attached hydrogens (tertiary/aromatic N) is 3. The van der Waals surface area contributed by atoms with Crippen LogP contribution in [0.2, 0.25) is 0 Å². The molecular formula is C21H22N4S2. The zero-order valence-corrected chi connectivity index (χ0v) is 17.2. The molecule has 6 heteroatoms. The highest BCUT2D eigenvalue weighted by Crippen LogP contribution is 2.32. The Morgan fingerprint density at radius 2 is 2.07 bits per heavy atom. The van der Waals surface area contributed by atoms with Crippen LogP contribution in [0.5, 0.6) is 0 Å². The lowest BCUT2D eigenvalue weighted by Crippen LogP contribution is -1.97. The van der Waals surface area contributed by atoms with Crippen LogP contribution < -0.4 is 0 Å². The molecule has 0 fully saturated rings. The quantitative estimate of drug-likeness (QED) is 0.380. The van der Waals surface area contributed by atoms with Crippen molar-refractivity contribution in [1.29, 1.82) is 0 Å². The van der Waals surface area contributed by atoms with Gasteiger partial charge in [0.15, 0.2) is 0 Å². The van der Waals surface area contributed by atoms with Crippen LogP contribution in [0.25, 0.3) is 26.1 Å². The van der Waals surface area contributed by atoms with Gasteiger partial charge in [-0.1, -0.05) is 6.92 Å². The predicted molar refractivity (Wildman–Crippen MR) is 116 cm³/mol. The van der Waals surface area contributed by atoms with E-state index in [0.29, 0.717) is 0 Å². The molecule has 0 saturated carbocycles. The summed E-state index contributed by atoms with van der Waals surface area (Å²) in [5, 5.41) is 9.31. The highest BCUT2D eigenvalue weighted by atomic mass is 32.1. The molecule has 5 rings (SSSR count). The molecule has 138 valence electrons. The van der Waals surface area contributed by atoms with Gasteiger partial charge >= 0.3 is 0 Å². The molecule has 5 heterocycles. The highest BCUT2D eigenvalue weighted by molar-refractivity contribution is 7.18. The normalized spacial score (nSPS) is 11.9. The molecule has 5 aromatic rings. The molecule has 0 amide bonds. The third-order valence-corrected chi connectivity index (χ3v) is 7.02. The maximum absolute atomic E-state index is 4.51. The SMILES string of the molecule is CCCn1cc(-n2c(C)cc3cc(CCc4cc5ccsc5[nH]4)sc32)cn1. The number of aryl methyl sites for hydroxylation is 4. The van der Waals surface area contributed by atoms with Crippen molar-refractivity contribution in [3.8, 4) is 5.69 Å². The zero-order chi connectivity index (χ0) is 18.4. The molecule has 0 aliphatic carbocycles. The molecule has 0 spiro atoms. The first kappa shape index (κ1) is 16.8. The van der Waals surface area contributed by atoms with Crippen molar-refractivity contribution < 1.29 is 0 Å². The zero-order valence-electron chi connectivity index (χ0n) is 15.5. The fraction of sp³-hybridized carbons (Fsp3) is 0.286. The van der Waals surface area contributed by atoms with Gasteiger partial charge in [0, 0.05) is 39.8 Å². The summed E-state index contributed by atoms with van der Waals surface area (Å²) in [6.07, 6.45) is 7.36. The number of hydrogen-bond donors (Lipinski definition) is 1. The molecule has 0 aliphatic heterocycles. The van der Waals surface area contributed by atoms with E-state index < -0.39 is 0 Å². The molecule has 4 nitrogen and oxygen atoms in total. The number of rotatable bonds is 6. The van der Waals surface area contributed by atoms with Crippen LogP contribution in [0.4, 0.5) is 0 Å². The van der Waals surface area contributed by atoms with Gasteiger partial charge in [0.2, 0.25) is 0 Å². The molecule has 0 aliphatic rings. The van der Waals surface area contributed by atoms with E-state index in [9.17, 15) is 0 Å². The number of thiophene rings is 2. The molecule has 0 saturated heterocycles. The number of aromatic amines is 1. The van der Waals surface area contributed by atoms with E-state index >= 15 is 0 Å². The Balaban J connectivity index is 1.41. The topological polar surface area (TPSA) is 38.5 Å². The number of nitrogens with one attached hydrogen (secondary N) is 1. The molecule has 0 radical (unpaired) electrons. The summed E-state index contributed by atoms with van der Waals surface area (Å²) >= 11 is 3.68. The third kappa shape index (κ3) is 3.03. The first-order valence-electron chi connectivity index (χ1n) is 9.40.